The van der Waals surface area contributed by atoms with Crippen molar-refractivity contribution in [3.8, 4) is 0 Å². The van der Waals surface area contributed by atoms with Gasteiger partial charge in [-0.25, -0.2) is 4.68 Å². The Morgan fingerprint density at radius 3 is 2.73 bits per heavy atom. The summed E-state index contributed by atoms with van der Waals surface area (Å²) in [4.78, 5) is 12.5. The third-order valence-corrected chi connectivity index (χ3v) is 4.19. The number of tetrazole rings is 1. The first-order valence-corrected chi connectivity index (χ1v) is 7.37. The molecule has 0 bridgehead atoms. The molecule has 2 aromatic rings. The van der Waals surface area contributed by atoms with E-state index in [0.717, 1.165) is 18.4 Å². The predicted octanol–water partition coefficient (Wildman–Crippen LogP) is 0.346. The van der Waals surface area contributed by atoms with Gasteiger partial charge in [0.15, 0.2) is 0 Å². The molecule has 3 rings (SSSR count). The van der Waals surface area contributed by atoms with Crippen molar-refractivity contribution in [2.45, 2.75) is 25.3 Å². The van der Waals surface area contributed by atoms with Gasteiger partial charge in [0.25, 0.3) is 0 Å². The lowest BCUT2D eigenvalue weighted by atomic mass is 10.0. The first-order chi connectivity index (χ1) is 10.7. The maximum atomic E-state index is 12.5. The van der Waals surface area contributed by atoms with Gasteiger partial charge in [-0.05, 0) is 28.8 Å². The minimum absolute atomic E-state index is 0.113. The van der Waals surface area contributed by atoms with E-state index in [1.165, 1.54) is 11.0 Å². The molecule has 0 radical (unpaired) electrons. The van der Waals surface area contributed by atoms with Gasteiger partial charge in [-0.1, -0.05) is 30.3 Å². The fraction of sp³-hybridized carbons (Fsp3) is 0.467. The number of benzene rings is 1. The number of rotatable bonds is 7. The van der Waals surface area contributed by atoms with Gasteiger partial charge in [0.1, 0.15) is 12.4 Å². The van der Waals surface area contributed by atoms with E-state index in [0.29, 0.717) is 13.0 Å². The molecule has 1 aliphatic carbocycles. The lowest BCUT2D eigenvalue weighted by Crippen LogP contribution is -2.38. The minimum atomic E-state index is -0.494. The number of aliphatic hydroxyl groups is 1. The molecule has 1 heterocycles. The summed E-state index contributed by atoms with van der Waals surface area (Å²) in [6, 6.07) is 9.27. The largest absolute Gasteiger partial charge is 0.396 e. The Morgan fingerprint density at radius 2 is 2.14 bits per heavy atom. The van der Waals surface area contributed by atoms with Gasteiger partial charge in [-0.15, -0.1) is 5.10 Å². The Bertz CT molecular complexity index is 610. The molecular weight excluding hydrogens is 282 g/mol. The van der Waals surface area contributed by atoms with Crippen LogP contribution in [0, 0.1) is 5.41 Å². The number of carbonyl (C=O) groups excluding carboxylic acids is 1. The van der Waals surface area contributed by atoms with E-state index < -0.39 is 6.04 Å². The van der Waals surface area contributed by atoms with Gasteiger partial charge in [-0.3, -0.25) is 4.79 Å². The van der Waals surface area contributed by atoms with E-state index in [2.05, 4.69) is 20.8 Å². The lowest BCUT2D eigenvalue weighted by Gasteiger charge is -2.19. The molecule has 1 unspecified atom stereocenters. The van der Waals surface area contributed by atoms with Crippen LogP contribution in [0.25, 0.3) is 0 Å². The Morgan fingerprint density at radius 1 is 1.36 bits per heavy atom. The van der Waals surface area contributed by atoms with E-state index >= 15 is 0 Å². The second-order valence-electron chi connectivity index (χ2n) is 5.87. The minimum Gasteiger partial charge on any atom is -0.396 e. The second kappa shape index (κ2) is 6.23. The van der Waals surface area contributed by atoms with Crippen LogP contribution in [0.5, 0.6) is 0 Å². The quantitative estimate of drug-likeness (QED) is 0.769. The van der Waals surface area contributed by atoms with Crippen LogP contribution >= 0.6 is 0 Å². The molecule has 1 fully saturated rings. The Balaban J connectivity index is 1.69. The number of aliphatic hydroxyl groups excluding tert-OH is 1. The molecule has 7 nitrogen and oxygen atoms in total. The molecule has 22 heavy (non-hydrogen) atoms. The van der Waals surface area contributed by atoms with Gasteiger partial charge in [0.2, 0.25) is 5.91 Å². The zero-order valence-corrected chi connectivity index (χ0v) is 12.2. The molecule has 2 N–H and O–H groups in total. The van der Waals surface area contributed by atoms with E-state index in [-0.39, 0.29) is 17.9 Å². The molecule has 0 saturated heterocycles. The summed E-state index contributed by atoms with van der Waals surface area (Å²) in [5.74, 6) is -0.129. The van der Waals surface area contributed by atoms with Crippen LogP contribution in [0.1, 0.15) is 24.4 Å². The third kappa shape index (κ3) is 3.30. The van der Waals surface area contributed by atoms with Crippen LogP contribution in [0.4, 0.5) is 0 Å². The van der Waals surface area contributed by atoms with E-state index in [4.69, 9.17) is 0 Å². The number of nitrogens with zero attached hydrogens (tertiary/aromatic N) is 4. The fourth-order valence-electron chi connectivity index (χ4n) is 2.41. The van der Waals surface area contributed by atoms with Crippen molar-refractivity contribution in [1.82, 2.24) is 25.5 Å². The van der Waals surface area contributed by atoms with Crippen LogP contribution in [-0.4, -0.2) is 44.4 Å². The van der Waals surface area contributed by atoms with Crippen LogP contribution in [0.2, 0.25) is 0 Å². The highest BCUT2D eigenvalue weighted by molar-refractivity contribution is 5.80. The highest BCUT2D eigenvalue weighted by atomic mass is 16.3. The predicted molar refractivity (Wildman–Crippen MR) is 78.8 cm³/mol. The zero-order valence-electron chi connectivity index (χ0n) is 12.2. The average molecular weight is 301 g/mol. The summed E-state index contributed by atoms with van der Waals surface area (Å²) >= 11 is 0. The molecule has 0 aliphatic heterocycles. The highest BCUT2D eigenvalue weighted by Crippen LogP contribution is 2.44. The van der Waals surface area contributed by atoms with Gasteiger partial charge in [0, 0.05) is 18.4 Å². The Labute approximate surface area is 128 Å². The molecule has 0 spiro atoms. The summed E-state index contributed by atoms with van der Waals surface area (Å²) < 4.78 is 1.47. The Hall–Kier alpha value is -2.28. The fourth-order valence-corrected chi connectivity index (χ4v) is 2.41. The van der Waals surface area contributed by atoms with Crippen molar-refractivity contribution in [1.29, 1.82) is 0 Å². The van der Waals surface area contributed by atoms with Gasteiger partial charge < -0.3 is 10.4 Å². The second-order valence-corrected chi connectivity index (χ2v) is 5.87. The monoisotopic (exact) mass is 301 g/mol. The molecule has 1 atom stereocenters. The lowest BCUT2D eigenvalue weighted by molar-refractivity contribution is -0.125. The van der Waals surface area contributed by atoms with Crippen LogP contribution < -0.4 is 5.32 Å². The van der Waals surface area contributed by atoms with Crippen molar-refractivity contribution in [3.63, 3.8) is 0 Å². The maximum absolute atomic E-state index is 12.5. The molecule has 1 aliphatic rings. The topological polar surface area (TPSA) is 92.9 Å². The number of amides is 1. The first kappa shape index (κ1) is 14.6. The maximum Gasteiger partial charge on any atom is 0.245 e. The summed E-state index contributed by atoms with van der Waals surface area (Å²) in [6.45, 7) is 0.608. The molecule has 1 amide bonds. The van der Waals surface area contributed by atoms with Crippen LogP contribution in [0.15, 0.2) is 36.7 Å². The number of hydrogen-bond donors (Lipinski definition) is 2. The smallest absolute Gasteiger partial charge is 0.245 e. The van der Waals surface area contributed by atoms with Crippen molar-refractivity contribution >= 4 is 5.91 Å². The summed E-state index contributed by atoms with van der Waals surface area (Å²) in [5.41, 5.74) is 0.926. The zero-order chi connectivity index (χ0) is 15.4. The standard InChI is InChI=1S/C15H19N5O2/c21-10-15(6-7-15)9-16-14(22)13(20-11-17-18-19-20)8-12-4-2-1-3-5-12/h1-5,11,13,21H,6-10H2,(H,16,22). The molecule has 1 aromatic heterocycles. The van der Waals surface area contributed by atoms with Crippen molar-refractivity contribution in [3.05, 3.63) is 42.2 Å². The number of carbonyl (C=O) groups is 1. The SMILES string of the molecule is O=C(NCC1(CO)CC1)C(Cc1ccccc1)n1cnnn1. The molecular formula is C15H19N5O2. The van der Waals surface area contributed by atoms with E-state index in [9.17, 15) is 9.90 Å². The summed E-state index contributed by atoms with van der Waals surface area (Å²) in [6.07, 6.45) is 3.88. The number of hydrogen-bond acceptors (Lipinski definition) is 5. The highest BCUT2D eigenvalue weighted by Gasteiger charge is 2.42. The molecule has 7 heteroatoms. The average Bonchev–Trinajstić information content (AvgIpc) is 3.14. The van der Waals surface area contributed by atoms with E-state index in [1.54, 1.807) is 0 Å². The van der Waals surface area contributed by atoms with Crippen molar-refractivity contribution in [2.24, 2.45) is 5.41 Å². The summed E-state index contributed by atoms with van der Waals surface area (Å²) in [5, 5.41) is 23.4. The number of aromatic nitrogens is 4. The molecule has 1 aromatic carbocycles. The molecule has 116 valence electrons. The summed E-state index contributed by atoms with van der Waals surface area (Å²) in [7, 11) is 0. The number of nitrogens with one attached hydrogen (secondary N) is 1. The third-order valence-electron chi connectivity index (χ3n) is 4.19. The Kier molecular flexibility index (Phi) is 4.15. The normalized spacial score (nSPS) is 17.0. The first-order valence-electron chi connectivity index (χ1n) is 7.37. The van der Waals surface area contributed by atoms with E-state index in [1.807, 2.05) is 30.3 Å². The van der Waals surface area contributed by atoms with Crippen molar-refractivity contribution < 1.29 is 9.90 Å². The van der Waals surface area contributed by atoms with Gasteiger partial charge >= 0.3 is 0 Å². The van der Waals surface area contributed by atoms with Gasteiger partial charge in [-0.2, -0.15) is 0 Å². The molecule has 1 saturated carbocycles. The van der Waals surface area contributed by atoms with Crippen LogP contribution in [0.3, 0.4) is 0 Å². The van der Waals surface area contributed by atoms with Crippen LogP contribution in [-0.2, 0) is 11.2 Å². The van der Waals surface area contributed by atoms with Gasteiger partial charge in [0.05, 0.1) is 6.61 Å². The van der Waals surface area contributed by atoms with Crippen molar-refractivity contribution in [2.75, 3.05) is 13.2 Å².